The third kappa shape index (κ3) is 3.86. The SMILES string of the molecule is CCOc1ccc(C#C[Si](C)(C)C)c(F)c1F. The Bertz CT molecular complexity index is 467. The molecule has 0 amide bonds. The standard InChI is InChI=1S/C13H16F2OSi/c1-5-16-11-7-6-10(12(14)13(11)15)8-9-17(2,3)4/h6-7H,5H2,1-4H3. The molecule has 0 N–H and O–H groups in total. The molecular weight excluding hydrogens is 238 g/mol. The van der Waals surface area contributed by atoms with Gasteiger partial charge in [0.1, 0.15) is 8.07 Å². The molecule has 0 aliphatic rings. The minimum absolute atomic E-state index is 0.0662. The molecule has 17 heavy (non-hydrogen) atoms. The quantitative estimate of drug-likeness (QED) is 0.579. The van der Waals surface area contributed by atoms with Crippen LogP contribution in [0.15, 0.2) is 12.1 Å². The zero-order chi connectivity index (χ0) is 13.1. The Morgan fingerprint density at radius 3 is 2.35 bits per heavy atom. The predicted octanol–water partition coefficient (Wildman–Crippen LogP) is 3.59. The van der Waals surface area contributed by atoms with Crippen LogP contribution in [0.25, 0.3) is 0 Å². The summed E-state index contributed by atoms with van der Waals surface area (Å²) < 4.78 is 32.1. The topological polar surface area (TPSA) is 9.23 Å². The second-order valence-electron chi connectivity index (χ2n) is 4.67. The average molecular weight is 254 g/mol. The molecule has 92 valence electrons. The Kier molecular flexibility index (Phi) is 4.30. The zero-order valence-electron chi connectivity index (χ0n) is 10.5. The summed E-state index contributed by atoms with van der Waals surface area (Å²) in [6, 6.07) is 2.87. The van der Waals surface area contributed by atoms with Crippen LogP contribution in [-0.4, -0.2) is 14.7 Å². The van der Waals surface area contributed by atoms with Crippen molar-refractivity contribution in [1.29, 1.82) is 0 Å². The highest BCUT2D eigenvalue weighted by molar-refractivity contribution is 6.83. The summed E-state index contributed by atoms with van der Waals surface area (Å²) in [4.78, 5) is 0. The minimum Gasteiger partial charge on any atom is -0.491 e. The molecule has 0 unspecified atom stereocenters. The maximum absolute atomic E-state index is 13.6. The summed E-state index contributed by atoms with van der Waals surface area (Å²) in [6.07, 6.45) is 0. The highest BCUT2D eigenvalue weighted by atomic mass is 28.3. The lowest BCUT2D eigenvalue weighted by Crippen LogP contribution is -2.16. The van der Waals surface area contributed by atoms with E-state index in [0.29, 0.717) is 6.61 Å². The second-order valence-corrected chi connectivity index (χ2v) is 9.42. The van der Waals surface area contributed by atoms with Gasteiger partial charge in [0.05, 0.1) is 12.2 Å². The molecule has 0 heterocycles. The summed E-state index contributed by atoms with van der Waals surface area (Å²) in [5.41, 5.74) is 3.09. The maximum Gasteiger partial charge on any atom is 0.201 e. The molecule has 0 saturated heterocycles. The van der Waals surface area contributed by atoms with Crippen molar-refractivity contribution in [3.63, 3.8) is 0 Å². The number of hydrogen-bond donors (Lipinski definition) is 0. The third-order valence-electron chi connectivity index (χ3n) is 1.92. The zero-order valence-corrected chi connectivity index (χ0v) is 11.5. The van der Waals surface area contributed by atoms with E-state index < -0.39 is 19.7 Å². The summed E-state index contributed by atoms with van der Waals surface area (Å²) in [5, 5.41) is 0. The molecule has 1 aromatic rings. The molecule has 1 nitrogen and oxygen atoms in total. The summed E-state index contributed by atoms with van der Waals surface area (Å²) >= 11 is 0. The van der Waals surface area contributed by atoms with Gasteiger partial charge in [-0.3, -0.25) is 0 Å². The molecule has 0 spiro atoms. The van der Waals surface area contributed by atoms with Crippen molar-refractivity contribution in [2.45, 2.75) is 26.6 Å². The van der Waals surface area contributed by atoms with Crippen LogP contribution in [0.4, 0.5) is 8.78 Å². The van der Waals surface area contributed by atoms with E-state index in [-0.39, 0.29) is 11.3 Å². The van der Waals surface area contributed by atoms with Crippen molar-refractivity contribution in [3.05, 3.63) is 29.3 Å². The summed E-state index contributed by atoms with van der Waals surface area (Å²) in [7, 11) is -1.59. The molecule has 0 atom stereocenters. The van der Waals surface area contributed by atoms with Crippen LogP contribution in [0.5, 0.6) is 5.75 Å². The van der Waals surface area contributed by atoms with E-state index in [4.69, 9.17) is 4.74 Å². The van der Waals surface area contributed by atoms with Crippen molar-refractivity contribution in [3.8, 4) is 17.2 Å². The molecular formula is C13H16F2OSi. The van der Waals surface area contributed by atoms with Crippen LogP contribution in [0, 0.1) is 23.1 Å². The Labute approximate surface area is 102 Å². The van der Waals surface area contributed by atoms with Crippen LogP contribution < -0.4 is 4.74 Å². The van der Waals surface area contributed by atoms with E-state index in [2.05, 4.69) is 11.5 Å². The first kappa shape index (κ1) is 13.7. The molecule has 0 aromatic heterocycles. The van der Waals surface area contributed by atoms with Crippen LogP contribution in [0.1, 0.15) is 12.5 Å². The van der Waals surface area contributed by atoms with Gasteiger partial charge in [-0.15, -0.1) is 5.54 Å². The van der Waals surface area contributed by atoms with Gasteiger partial charge in [-0.2, -0.15) is 4.39 Å². The molecule has 0 fully saturated rings. The number of hydrogen-bond acceptors (Lipinski definition) is 1. The Morgan fingerprint density at radius 2 is 1.82 bits per heavy atom. The van der Waals surface area contributed by atoms with Crippen LogP contribution in [0.2, 0.25) is 19.6 Å². The van der Waals surface area contributed by atoms with Gasteiger partial charge in [0.15, 0.2) is 11.6 Å². The maximum atomic E-state index is 13.6. The normalized spacial score (nSPS) is 10.7. The molecule has 1 aromatic carbocycles. The van der Waals surface area contributed by atoms with Crippen LogP contribution in [-0.2, 0) is 0 Å². The summed E-state index contributed by atoms with van der Waals surface area (Å²) in [6.45, 7) is 8.15. The Morgan fingerprint density at radius 1 is 1.18 bits per heavy atom. The highest BCUT2D eigenvalue weighted by Crippen LogP contribution is 2.22. The molecule has 1 rings (SSSR count). The van der Waals surface area contributed by atoms with Gasteiger partial charge in [0.2, 0.25) is 5.82 Å². The fraction of sp³-hybridized carbons (Fsp3) is 0.385. The largest absolute Gasteiger partial charge is 0.491 e. The lowest BCUT2D eigenvalue weighted by atomic mass is 10.2. The third-order valence-corrected chi connectivity index (χ3v) is 2.79. The van der Waals surface area contributed by atoms with Crippen molar-refractivity contribution in [2.75, 3.05) is 6.61 Å². The Balaban J connectivity index is 3.12. The van der Waals surface area contributed by atoms with Crippen LogP contribution in [0.3, 0.4) is 0 Å². The minimum atomic E-state index is -1.59. The first-order chi connectivity index (χ1) is 7.85. The Hall–Kier alpha value is -1.34. The van der Waals surface area contributed by atoms with Gasteiger partial charge < -0.3 is 4.74 Å². The lowest BCUT2D eigenvalue weighted by Gasteiger charge is -2.07. The fourth-order valence-electron chi connectivity index (χ4n) is 1.15. The first-order valence-electron chi connectivity index (χ1n) is 5.49. The number of ether oxygens (including phenoxy) is 1. The van der Waals surface area contributed by atoms with Gasteiger partial charge in [-0.25, -0.2) is 4.39 Å². The molecule has 0 bridgehead atoms. The average Bonchev–Trinajstić information content (AvgIpc) is 2.23. The van der Waals surface area contributed by atoms with Gasteiger partial charge in [0, 0.05) is 0 Å². The number of halogens is 2. The first-order valence-corrected chi connectivity index (χ1v) is 8.99. The summed E-state index contributed by atoms with van der Waals surface area (Å²) in [5.74, 6) is 0.745. The molecule has 4 heteroatoms. The fourth-order valence-corrected chi connectivity index (χ4v) is 1.66. The van der Waals surface area contributed by atoms with Crippen LogP contribution >= 0.6 is 0 Å². The molecule has 0 aliphatic carbocycles. The molecule has 0 saturated carbocycles. The van der Waals surface area contributed by atoms with Gasteiger partial charge in [0.25, 0.3) is 0 Å². The number of benzene rings is 1. The van der Waals surface area contributed by atoms with E-state index in [1.807, 2.05) is 19.6 Å². The van der Waals surface area contributed by atoms with Crippen molar-refractivity contribution < 1.29 is 13.5 Å². The van der Waals surface area contributed by atoms with E-state index in [0.717, 1.165) is 0 Å². The highest BCUT2D eigenvalue weighted by Gasteiger charge is 2.14. The van der Waals surface area contributed by atoms with Gasteiger partial charge in [-0.1, -0.05) is 25.6 Å². The second kappa shape index (κ2) is 5.33. The van der Waals surface area contributed by atoms with Crippen molar-refractivity contribution >= 4 is 8.07 Å². The van der Waals surface area contributed by atoms with Gasteiger partial charge >= 0.3 is 0 Å². The lowest BCUT2D eigenvalue weighted by molar-refractivity contribution is 0.314. The smallest absolute Gasteiger partial charge is 0.201 e. The van der Waals surface area contributed by atoms with Gasteiger partial charge in [-0.05, 0) is 19.1 Å². The van der Waals surface area contributed by atoms with E-state index >= 15 is 0 Å². The monoisotopic (exact) mass is 254 g/mol. The van der Waals surface area contributed by atoms with E-state index in [9.17, 15) is 8.78 Å². The molecule has 0 aliphatic heterocycles. The predicted molar refractivity (Wildman–Crippen MR) is 67.8 cm³/mol. The van der Waals surface area contributed by atoms with E-state index in [1.165, 1.54) is 12.1 Å². The van der Waals surface area contributed by atoms with Crippen molar-refractivity contribution in [1.82, 2.24) is 0 Å². The number of rotatable bonds is 2. The molecule has 0 radical (unpaired) electrons. The van der Waals surface area contributed by atoms with Crippen molar-refractivity contribution in [2.24, 2.45) is 0 Å². The van der Waals surface area contributed by atoms with E-state index in [1.54, 1.807) is 6.92 Å².